The van der Waals surface area contributed by atoms with Gasteiger partial charge in [0, 0.05) is 65.1 Å². The highest BCUT2D eigenvalue weighted by Crippen LogP contribution is 2.60. The lowest BCUT2D eigenvalue weighted by atomic mass is 10.00. The second-order valence-electron chi connectivity index (χ2n) is 13.7. The van der Waals surface area contributed by atoms with E-state index in [1.54, 1.807) is 0 Å². The van der Waals surface area contributed by atoms with Gasteiger partial charge >= 0.3 is 0 Å². The first-order valence-corrected chi connectivity index (χ1v) is 19.7. The zero-order valence-electron chi connectivity index (χ0n) is 25.0. The third-order valence-corrected chi connectivity index (χ3v) is 16.4. The Kier molecular flexibility index (Phi) is 12.5. The van der Waals surface area contributed by atoms with E-state index in [0.717, 1.165) is 48.8 Å². The van der Waals surface area contributed by atoms with E-state index in [9.17, 15) is 0 Å². The monoisotopic (exact) mass is 566 g/mol. The van der Waals surface area contributed by atoms with E-state index in [2.05, 4.69) is 23.9 Å². The molecule has 0 unspecified atom stereocenters. The topological polar surface area (TPSA) is 24.9 Å². The van der Waals surface area contributed by atoms with Crippen molar-refractivity contribution in [1.29, 1.82) is 0 Å². The molecule has 0 aromatic heterocycles. The van der Waals surface area contributed by atoms with E-state index in [1.165, 1.54) is 128 Å². The summed E-state index contributed by atoms with van der Waals surface area (Å²) in [6, 6.07) is 0. The fourth-order valence-corrected chi connectivity index (χ4v) is 14.5. The van der Waals surface area contributed by atoms with Crippen LogP contribution in [0, 0.1) is 0 Å². The Balaban J connectivity index is 1.32. The lowest BCUT2D eigenvalue weighted by Gasteiger charge is -2.42. The van der Waals surface area contributed by atoms with Gasteiger partial charge in [0.1, 0.15) is 12.2 Å². The van der Waals surface area contributed by atoms with E-state index >= 15 is 0 Å². The van der Waals surface area contributed by atoms with Gasteiger partial charge in [-0.15, -0.1) is 0 Å². The molecule has 0 radical (unpaired) electrons. The summed E-state index contributed by atoms with van der Waals surface area (Å²) in [5.74, 6) is 0. The maximum absolute atomic E-state index is 7.51. The minimum atomic E-state index is -0.339. The third kappa shape index (κ3) is 8.61. The molecule has 0 aromatic rings. The molecule has 0 aromatic carbocycles. The van der Waals surface area contributed by atoms with Crippen LogP contribution in [-0.4, -0.2) is 84.9 Å². The minimum Gasteiger partial charge on any atom is -0.351 e. The summed E-state index contributed by atoms with van der Waals surface area (Å²) in [5, 5.41) is 0. The van der Waals surface area contributed by atoms with E-state index in [-0.39, 0.29) is 16.3 Å². The molecule has 0 bridgehead atoms. The minimum absolute atomic E-state index is 0.310. The van der Waals surface area contributed by atoms with Crippen LogP contribution in [0.4, 0.5) is 0 Å². The third-order valence-electron chi connectivity index (χ3n) is 10.4. The van der Waals surface area contributed by atoms with Gasteiger partial charge in [-0.25, -0.2) is 0 Å². The van der Waals surface area contributed by atoms with Crippen LogP contribution in [0.3, 0.4) is 0 Å². The standard InChI is InChI=1S/C32H60N2O2P2/c1-33(2)23-24-34-25-31(35-37(27-15-7-3-8-16-27)28-17-9-4-10-18-28)32(26-34)36-38(29-19-11-5-12-20-29)30-21-13-6-14-22-30/h27-32H,3-26H2,1-2H3/t31-,32-/m0/s1. The molecule has 0 N–H and O–H groups in total. The Bertz CT molecular complexity index is 572. The lowest BCUT2D eigenvalue weighted by molar-refractivity contribution is 0.104. The molecule has 4 saturated carbocycles. The van der Waals surface area contributed by atoms with Gasteiger partial charge in [-0.2, -0.15) is 0 Å². The fraction of sp³-hybridized carbons (Fsp3) is 1.00. The average Bonchev–Trinajstić information content (AvgIpc) is 3.36. The number of hydrogen-bond donors (Lipinski definition) is 0. The van der Waals surface area contributed by atoms with Crippen LogP contribution in [0.1, 0.15) is 128 Å². The Morgan fingerprint density at radius 3 is 1.13 bits per heavy atom. The van der Waals surface area contributed by atoms with Crippen molar-refractivity contribution in [2.75, 3.05) is 40.3 Å². The summed E-state index contributed by atoms with van der Waals surface area (Å²) in [6.45, 7) is 4.51. The summed E-state index contributed by atoms with van der Waals surface area (Å²) in [5.41, 5.74) is 3.43. The summed E-state index contributed by atoms with van der Waals surface area (Å²) in [7, 11) is 3.76. The molecular formula is C32H60N2O2P2. The molecular weight excluding hydrogens is 506 g/mol. The van der Waals surface area contributed by atoms with E-state index in [4.69, 9.17) is 9.05 Å². The van der Waals surface area contributed by atoms with Crippen molar-refractivity contribution >= 4 is 16.3 Å². The van der Waals surface area contributed by atoms with Crippen LogP contribution in [-0.2, 0) is 9.05 Å². The molecule has 4 aliphatic carbocycles. The van der Waals surface area contributed by atoms with E-state index < -0.39 is 0 Å². The normalized spacial score (nSPS) is 30.2. The Hall–Kier alpha value is 0.700. The van der Waals surface area contributed by atoms with Crippen molar-refractivity contribution in [2.45, 2.75) is 163 Å². The number of hydrogen-bond acceptors (Lipinski definition) is 4. The smallest absolute Gasteiger partial charge is 0.102 e. The highest BCUT2D eigenvalue weighted by molar-refractivity contribution is 7.54. The van der Waals surface area contributed by atoms with Crippen LogP contribution in [0.25, 0.3) is 0 Å². The molecule has 4 nitrogen and oxygen atoms in total. The van der Waals surface area contributed by atoms with Crippen LogP contribution < -0.4 is 0 Å². The molecule has 6 heteroatoms. The Labute approximate surface area is 238 Å². The molecule has 38 heavy (non-hydrogen) atoms. The number of nitrogens with zero attached hydrogens (tertiary/aromatic N) is 2. The maximum Gasteiger partial charge on any atom is 0.102 e. The van der Waals surface area contributed by atoms with Crippen molar-refractivity contribution in [3.05, 3.63) is 0 Å². The molecule has 1 heterocycles. The summed E-state index contributed by atoms with van der Waals surface area (Å²) in [6.07, 6.45) is 29.4. The van der Waals surface area contributed by atoms with Gasteiger partial charge in [0.15, 0.2) is 0 Å². The van der Waals surface area contributed by atoms with Gasteiger partial charge in [0.2, 0.25) is 0 Å². The van der Waals surface area contributed by atoms with Crippen molar-refractivity contribution in [3.8, 4) is 0 Å². The van der Waals surface area contributed by atoms with Gasteiger partial charge < -0.3 is 13.9 Å². The zero-order chi connectivity index (χ0) is 26.2. The van der Waals surface area contributed by atoms with Crippen LogP contribution in [0.2, 0.25) is 0 Å². The summed E-state index contributed by atoms with van der Waals surface area (Å²) < 4.78 is 15.0. The van der Waals surface area contributed by atoms with Crippen molar-refractivity contribution in [2.24, 2.45) is 0 Å². The quantitative estimate of drug-likeness (QED) is 0.233. The fourth-order valence-electron chi connectivity index (χ4n) is 8.14. The molecule has 0 spiro atoms. The predicted molar refractivity (Wildman–Crippen MR) is 166 cm³/mol. The first-order chi connectivity index (χ1) is 18.7. The molecule has 5 fully saturated rings. The van der Waals surface area contributed by atoms with Crippen molar-refractivity contribution < 1.29 is 9.05 Å². The second kappa shape index (κ2) is 15.8. The number of likely N-dealkylation sites (N-methyl/N-ethyl adjacent to an activating group) is 1. The van der Waals surface area contributed by atoms with Gasteiger partial charge in [0.05, 0.1) is 0 Å². The highest BCUT2D eigenvalue weighted by Gasteiger charge is 2.43. The summed E-state index contributed by atoms with van der Waals surface area (Å²) in [4.78, 5) is 5.05. The first kappa shape index (κ1) is 30.2. The maximum atomic E-state index is 7.51. The largest absolute Gasteiger partial charge is 0.351 e. The average molecular weight is 567 g/mol. The van der Waals surface area contributed by atoms with Gasteiger partial charge in [0.25, 0.3) is 0 Å². The van der Waals surface area contributed by atoms with Gasteiger partial charge in [-0.3, -0.25) is 4.90 Å². The number of likely N-dealkylation sites (tertiary alicyclic amines) is 1. The lowest BCUT2D eigenvalue weighted by Crippen LogP contribution is -2.33. The summed E-state index contributed by atoms with van der Waals surface area (Å²) >= 11 is 0. The van der Waals surface area contributed by atoms with E-state index in [0.29, 0.717) is 12.2 Å². The molecule has 1 aliphatic heterocycles. The molecule has 0 amide bonds. The Morgan fingerprint density at radius 2 is 0.842 bits per heavy atom. The second-order valence-corrected chi connectivity index (χ2v) is 18.5. The number of rotatable bonds is 11. The SMILES string of the molecule is CN(C)CCN1C[C@H](OP(C2CCCCC2)C2CCCCC2)[C@@H](OP(C2CCCCC2)C2CCCCC2)C1. The Morgan fingerprint density at radius 1 is 0.526 bits per heavy atom. The van der Waals surface area contributed by atoms with Crippen LogP contribution >= 0.6 is 16.3 Å². The molecule has 220 valence electrons. The predicted octanol–water partition coefficient (Wildman–Crippen LogP) is 8.76. The molecule has 5 aliphatic rings. The molecule has 5 rings (SSSR count). The van der Waals surface area contributed by atoms with E-state index in [1.807, 2.05) is 0 Å². The van der Waals surface area contributed by atoms with Crippen LogP contribution in [0.15, 0.2) is 0 Å². The van der Waals surface area contributed by atoms with Crippen LogP contribution in [0.5, 0.6) is 0 Å². The first-order valence-electron chi connectivity index (χ1n) is 16.9. The van der Waals surface area contributed by atoms with Gasteiger partial charge in [-0.05, 0) is 65.5 Å². The zero-order valence-corrected chi connectivity index (χ0v) is 26.8. The van der Waals surface area contributed by atoms with Crippen molar-refractivity contribution in [1.82, 2.24) is 9.80 Å². The molecule has 2 atom stereocenters. The van der Waals surface area contributed by atoms with Gasteiger partial charge in [-0.1, -0.05) is 77.0 Å². The highest BCUT2D eigenvalue weighted by atomic mass is 31.1. The molecule has 1 saturated heterocycles. The van der Waals surface area contributed by atoms with Crippen molar-refractivity contribution in [3.63, 3.8) is 0 Å².